The predicted octanol–water partition coefficient (Wildman–Crippen LogP) is 8.49. The fourth-order valence-electron chi connectivity index (χ4n) is 4.12. The summed E-state index contributed by atoms with van der Waals surface area (Å²) in [5.74, 6) is 0.717. The van der Waals surface area contributed by atoms with Crippen molar-refractivity contribution in [3.05, 3.63) is 145 Å². The molecular weight excluding hydrogens is 643 g/mol. The van der Waals surface area contributed by atoms with Gasteiger partial charge in [0.1, 0.15) is 0 Å². The average molecular weight is 667 g/mol. The molecule has 0 saturated carbocycles. The fraction of sp³-hybridized carbons (Fsp3) is 0.0294. The third-order valence-corrected chi connectivity index (χ3v) is 6.07. The van der Waals surface area contributed by atoms with Crippen LogP contribution in [0.15, 0.2) is 121 Å². The molecule has 38 heavy (non-hydrogen) atoms. The van der Waals surface area contributed by atoms with Crippen LogP contribution in [0.4, 0.5) is 0 Å². The van der Waals surface area contributed by atoms with Crippen molar-refractivity contribution in [2.45, 2.75) is 6.92 Å². The third-order valence-electron chi connectivity index (χ3n) is 6.07. The minimum Gasteiger partial charge on any atom is -0.811 e. The zero-order chi connectivity index (χ0) is 25.5. The Morgan fingerprint density at radius 1 is 0.789 bits per heavy atom. The molecule has 6 rings (SSSR count). The van der Waals surface area contributed by atoms with Gasteiger partial charge in [-0.05, 0) is 5.39 Å². The first-order chi connectivity index (χ1) is 18.2. The van der Waals surface area contributed by atoms with Gasteiger partial charge in [0.25, 0.3) is 0 Å². The Kier molecular flexibility index (Phi) is 9.05. The maximum Gasteiger partial charge on any atom is 3.00 e. The molecule has 0 amide bonds. The van der Waals surface area contributed by atoms with Crippen LogP contribution in [0.1, 0.15) is 12.5 Å². The van der Waals surface area contributed by atoms with E-state index in [0.29, 0.717) is 0 Å². The molecule has 0 aliphatic carbocycles. The van der Waals surface area contributed by atoms with Crippen molar-refractivity contribution in [2.24, 2.45) is 0 Å². The van der Waals surface area contributed by atoms with Gasteiger partial charge < -0.3 is 5.41 Å². The van der Waals surface area contributed by atoms with E-state index in [1.54, 1.807) is 12.2 Å². The number of allylic oxidation sites excluding steroid dienone is 4. The summed E-state index contributed by atoms with van der Waals surface area (Å²) in [5, 5.41) is 14.4. The van der Waals surface area contributed by atoms with E-state index in [4.69, 9.17) is 10.4 Å². The van der Waals surface area contributed by atoms with Crippen molar-refractivity contribution in [3.63, 3.8) is 0 Å². The van der Waals surface area contributed by atoms with Crippen molar-refractivity contribution >= 4 is 44.2 Å². The number of nitrogens with zero attached hydrogens (tertiary/aromatic N) is 3. The van der Waals surface area contributed by atoms with Crippen LogP contribution in [0.5, 0.6) is 0 Å². The molecular formula is C34H24IrN3. The molecule has 0 fully saturated rings. The van der Waals surface area contributed by atoms with Crippen LogP contribution in [0.25, 0.3) is 54.8 Å². The number of rotatable bonds is 4. The minimum absolute atomic E-state index is 0. The van der Waals surface area contributed by atoms with Gasteiger partial charge in [-0.3, -0.25) is 9.97 Å². The largest absolute Gasteiger partial charge is 3.00 e. The van der Waals surface area contributed by atoms with Crippen LogP contribution in [0, 0.1) is 12.1 Å². The summed E-state index contributed by atoms with van der Waals surface area (Å²) >= 11 is 0. The Labute approximate surface area is 236 Å². The normalized spacial score (nSPS) is 11.2. The van der Waals surface area contributed by atoms with Gasteiger partial charge in [-0.25, -0.2) is 0 Å². The van der Waals surface area contributed by atoms with Crippen LogP contribution >= 0.6 is 0 Å². The zero-order valence-electron chi connectivity index (χ0n) is 20.8. The summed E-state index contributed by atoms with van der Waals surface area (Å²) in [5.41, 5.74) is 4.10. The summed E-state index contributed by atoms with van der Waals surface area (Å²) in [6, 6.07) is 39.0. The molecule has 0 bridgehead atoms. The first-order valence-corrected chi connectivity index (χ1v) is 12.1. The van der Waals surface area contributed by atoms with E-state index in [-0.39, 0.29) is 20.1 Å². The summed E-state index contributed by atoms with van der Waals surface area (Å²) in [6.45, 7) is 2.03. The molecule has 4 heteroatoms. The van der Waals surface area contributed by atoms with E-state index >= 15 is 0 Å². The average Bonchev–Trinajstić information content (AvgIpc) is 2.97. The quantitative estimate of drug-likeness (QED) is 0.0820. The molecule has 0 atom stereocenters. The van der Waals surface area contributed by atoms with Crippen LogP contribution in [0.3, 0.4) is 0 Å². The van der Waals surface area contributed by atoms with Crippen molar-refractivity contribution in [1.82, 2.24) is 9.97 Å². The Balaban J connectivity index is 0.000000175. The van der Waals surface area contributed by atoms with Crippen LogP contribution in [-0.2, 0) is 20.1 Å². The van der Waals surface area contributed by atoms with Crippen LogP contribution < -0.4 is 0 Å². The van der Waals surface area contributed by atoms with Gasteiger partial charge in [0, 0.05) is 17.0 Å². The van der Waals surface area contributed by atoms with Gasteiger partial charge in [-0.1, -0.05) is 85.1 Å². The standard InChI is InChI=1S/C18H11N2.C16H13N.Ir/c1-2-7-14(8-3-1)18-19-12-15-11-10-13-6-4-5-9-16(13)17(15)20-18;1-13(6-4-5-11-17)15-10-9-14-7-2-3-8-16(14)12-15;/h1-7,9-12H;2-9,11-12H,1H3;/q-1;-2;+3/b;5-4-,13-6+;. The molecule has 0 spiro atoms. The smallest absolute Gasteiger partial charge is 0.811 e. The summed E-state index contributed by atoms with van der Waals surface area (Å²) in [7, 11) is 0. The Morgan fingerprint density at radius 3 is 2.32 bits per heavy atom. The van der Waals surface area contributed by atoms with Crippen LogP contribution in [-0.4, -0.2) is 16.2 Å². The summed E-state index contributed by atoms with van der Waals surface area (Å²) < 4.78 is 0. The summed E-state index contributed by atoms with van der Waals surface area (Å²) in [6.07, 6.45) is 8.25. The minimum atomic E-state index is 0. The Bertz CT molecular complexity index is 1750. The molecule has 3 nitrogen and oxygen atoms in total. The number of aromatic nitrogens is 2. The van der Waals surface area contributed by atoms with E-state index in [2.05, 4.69) is 59.6 Å². The van der Waals surface area contributed by atoms with Crippen molar-refractivity contribution in [2.75, 3.05) is 0 Å². The second-order valence-electron chi connectivity index (χ2n) is 8.55. The van der Waals surface area contributed by atoms with Gasteiger partial charge in [-0.15, -0.1) is 76.7 Å². The number of hydrogen-bond donors (Lipinski definition) is 0. The molecule has 184 valence electrons. The molecule has 0 radical (unpaired) electrons. The molecule has 0 unspecified atom stereocenters. The van der Waals surface area contributed by atoms with Gasteiger partial charge in [0.2, 0.25) is 0 Å². The van der Waals surface area contributed by atoms with Gasteiger partial charge in [-0.2, -0.15) is 6.21 Å². The third kappa shape index (κ3) is 6.17. The van der Waals surface area contributed by atoms with E-state index in [1.807, 2.05) is 73.8 Å². The Morgan fingerprint density at radius 2 is 1.53 bits per heavy atom. The van der Waals surface area contributed by atoms with E-state index < -0.39 is 0 Å². The van der Waals surface area contributed by atoms with E-state index in [9.17, 15) is 0 Å². The molecule has 0 aliphatic heterocycles. The summed E-state index contributed by atoms with van der Waals surface area (Å²) in [4.78, 5) is 9.17. The maximum absolute atomic E-state index is 8.54. The van der Waals surface area contributed by atoms with Crippen molar-refractivity contribution in [1.29, 1.82) is 0 Å². The molecule has 6 aromatic rings. The first kappa shape index (κ1) is 26.8. The van der Waals surface area contributed by atoms with Gasteiger partial charge >= 0.3 is 20.1 Å². The molecule has 5 aromatic carbocycles. The van der Waals surface area contributed by atoms with Gasteiger partial charge in [0.05, 0.1) is 11.3 Å². The molecule has 0 N–H and O–H groups in total. The molecule has 0 saturated heterocycles. The number of benzene rings is 5. The molecule has 0 aliphatic rings. The first-order valence-electron chi connectivity index (χ1n) is 12.1. The Hall–Kier alpha value is -4.24. The SMILES string of the molecule is C/C(=C\C=C/C=[N-])c1[c-]cc2ccccc2c1.[Ir+3].[c-]1ccccc1-c1ncc2ccc3ccccc3c2n1. The van der Waals surface area contributed by atoms with Crippen molar-refractivity contribution < 1.29 is 20.1 Å². The van der Waals surface area contributed by atoms with Crippen molar-refractivity contribution in [3.8, 4) is 11.4 Å². The van der Waals surface area contributed by atoms with Gasteiger partial charge in [0.15, 0.2) is 0 Å². The topological polar surface area (TPSA) is 48.1 Å². The second kappa shape index (κ2) is 12.8. The fourth-order valence-corrected chi connectivity index (χ4v) is 4.12. The van der Waals surface area contributed by atoms with E-state index in [1.165, 1.54) is 16.2 Å². The van der Waals surface area contributed by atoms with Crippen LogP contribution in [0.2, 0.25) is 0 Å². The maximum atomic E-state index is 8.54. The van der Waals surface area contributed by atoms with E-state index in [0.717, 1.165) is 45.0 Å². The molecule has 1 heterocycles. The number of hydrogen-bond acceptors (Lipinski definition) is 2. The second-order valence-corrected chi connectivity index (χ2v) is 8.55. The zero-order valence-corrected chi connectivity index (χ0v) is 23.2. The molecule has 1 aromatic heterocycles. The number of fused-ring (bicyclic) bond motifs is 4. The predicted molar refractivity (Wildman–Crippen MR) is 156 cm³/mol. The monoisotopic (exact) mass is 667 g/mol.